The number of carbonyl (C=O) groups is 2. The van der Waals surface area contributed by atoms with Gasteiger partial charge in [0, 0.05) is 23.7 Å². The Kier molecular flexibility index (Phi) is 5.07. The molecule has 1 aliphatic heterocycles. The summed E-state index contributed by atoms with van der Waals surface area (Å²) < 4.78 is 5.25. The smallest absolute Gasteiger partial charge is 0.254 e. The Hall–Kier alpha value is -3.19. The molecule has 7 heteroatoms. The van der Waals surface area contributed by atoms with Gasteiger partial charge in [0.15, 0.2) is 5.13 Å². The van der Waals surface area contributed by atoms with E-state index in [2.05, 4.69) is 10.3 Å². The van der Waals surface area contributed by atoms with E-state index in [1.54, 1.807) is 31.3 Å². The third-order valence-corrected chi connectivity index (χ3v) is 6.00. The van der Waals surface area contributed by atoms with E-state index in [9.17, 15) is 9.59 Å². The van der Waals surface area contributed by atoms with Gasteiger partial charge in [-0.25, -0.2) is 4.98 Å². The van der Waals surface area contributed by atoms with Gasteiger partial charge in [-0.1, -0.05) is 30.3 Å². The van der Waals surface area contributed by atoms with Gasteiger partial charge in [-0.15, -0.1) is 11.3 Å². The molecule has 0 bridgehead atoms. The van der Waals surface area contributed by atoms with Crippen LogP contribution in [-0.2, 0) is 4.79 Å². The average molecular weight is 407 g/mol. The topological polar surface area (TPSA) is 71.5 Å². The van der Waals surface area contributed by atoms with Crippen LogP contribution in [-0.4, -0.2) is 35.9 Å². The Labute approximate surface area is 173 Å². The monoisotopic (exact) mass is 407 g/mol. The zero-order valence-corrected chi connectivity index (χ0v) is 17.2. The minimum Gasteiger partial charge on any atom is -0.497 e. The van der Waals surface area contributed by atoms with Crippen LogP contribution < -0.4 is 10.1 Å². The van der Waals surface area contributed by atoms with Gasteiger partial charge in [0.2, 0.25) is 5.91 Å². The Balaban J connectivity index is 1.79. The summed E-state index contributed by atoms with van der Waals surface area (Å²) in [4.78, 5) is 33.3. The molecule has 3 aromatic rings. The van der Waals surface area contributed by atoms with Crippen molar-refractivity contribution >= 4 is 28.3 Å². The van der Waals surface area contributed by atoms with Crippen LogP contribution >= 0.6 is 11.3 Å². The zero-order chi connectivity index (χ0) is 20.5. The van der Waals surface area contributed by atoms with Crippen LogP contribution in [0.5, 0.6) is 5.75 Å². The number of likely N-dealkylation sites (N-methyl/N-ethyl adjacent to an activating group) is 1. The molecule has 6 nitrogen and oxygen atoms in total. The molecule has 0 spiro atoms. The Morgan fingerprint density at radius 1 is 1.17 bits per heavy atom. The summed E-state index contributed by atoms with van der Waals surface area (Å²) in [6.45, 7) is 1.94. The number of hydrogen-bond acceptors (Lipinski definition) is 5. The van der Waals surface area contributed by atoms with Gasteiger partial charge in [0.1, 0.15) is 5.75 Å². The fourth-order valence-electron chi connectivity index (χ4n) is 3.77. The fourth-order valence-corrected chi connectivity index (χ4v) is 4.44. The van der Waals surface area contributed by atoms with Crippen LogP contribution in [0.1, 0.15) is 38.3 Å². The molecular formula is C22H21N3O3S. The number of hydrogen-bond donors (Lipinski definition) is 1. The van der Waals surface area contributed by atoms with Crippen molar-refractivity contribution in [2.75, 3.05) is 19.5 Å². The number of benzene rings is 2. The number of thiazole rings is 1. The first-order valence-electron chi connectivity index (χ1n) is 9.23. The van der Waals surface area contributed by atoms with Crippen LogP contribution in [0.25, 0.3) is 0 Å². The molecule has 4 rings (SSSR count). The highest BCUT2D eigenvalue weighted by atomic mass is 32.1. The molecular weight excluding hydrogens is 386 g/mol. The number of aromatic nitrogens is 1. The van der Waals surface area contributed by atoms with Crippen LogP contribution in [0.2, 0.25) is 0 Å². The van der Waals surface area contributed by atoms with E-state index >= 15 is 0 Å². The Morgan fingerprint density at radius 3 is 2.55 bits per heavy atom. The van der Waals surface area contributed by atoms with E-state index in [0.717, 1.165) is 21.8 Å². The number of rotatable bonds is 4. The van der Waals surface area contributed by atoms with Gasteiger partial charge in [-0.05, 0) is 36.2 Å². The van der Waals surface area contributed by atoms with E-state index in [4.69, 9.17) is 4.74 Å². The van der Waals surface area contributed by atoms with Gasteiger partial charge in [0.25, 0.3) is 5.91 Å². The molecule has 0 saturated carbocycles. The lowest BCUT2D eigenvalue weighted by atomic mass is 9.79. The third kappa shape index (κ3) is 3.49. The SMILES string of the molecule is COc1ccc([C@H]2[C@H](C(=O)Nc3ncc(C)s3)c3ccccc3C(=O)N2C)cc1. The molecule has 1 N–H and O–H groups in total. The van der Waals surface area contributed by atoms with E-state index in [-0.39, 0.29) is 11.8 Å². The second-order valence-electron chi connectivity index (χ2n) is 6.96. The van der Waals surface area contributed by atoms with E-state index < -0.39 is 12.0 Å². The van der Waals surface area contributed by atoms with Gasteiger partial charge in [-0.2, -0.15) is 0 Å². The highest BCUT2D eigenvalue weighted by Gasteiger charge is 2.42. The second kappa shape index (κ2) is 7.67. The first-order valence-corrected chi connectivity index (χ1v) is 10.0. The first-order chi connectivity index (χ1) is 14.0. The second-order valence-corrected chi connectivity index (χ2v) is 8.20. The Bertz CT molecular complexity index is 1060. The molecule has 0 saturated heterocycles. The minimum atomic E-state index is -0.563. The number of ether oxygens (including phenoxy) is 1. The third-order valence-electron chi connectivity index (χ3n) is 5.17. The lowest BCUT2D eigenvalue weighted by Gasteiger charge is -2.39. The van der Waals surface area contributed by atoms with Crippen molar-refractivity contribution < 1.29 is 14.3 Å². The maximum atomic E-state index is 13.4. The predicted octanol–water partition coefficient (Wildman–Crippen LogP) is 4.01. The van der Waals surface area contributed by atoms with Gasteiger partial charge < -0.3 is 15.0 Å². The van der Waals surface area contributed by atoms with E-state index in [1.165, 1.54) is 11.3 Å². The summed E-state index contributed by atoms with van der Waals surface area (Å²) in [6, 6.07) is 14.3. The van der Waals surface area contributed by atoms with Crippen LogP contribution in [0, 0.1) is 6.92 Å². The molecule has 1 aliphatic rings. The number of aryl methyl sites for hydroxylation is 1. The lowest BCUT2D eigenvalue weighted by Crippen LogP contribution is -2.44. The van der Waals surface area contributed by atoms with E-state index in [0.29, 0.717) is 10.7 Å². The van der Waals surface area contributed by atoms with Gasteiger partial charge >= 0.3 is 0 Å². The summed E-state index contributed by atoms with van der Waals surface area (Å²) in [7, 11) is 3.34. The normalized spacial score (nSPS) is 18.3. The van der Waals surface area contributed by atoms with Crippen LogP contribution in [0.15, 0.2) is 54.7 Å². The van der Waals surface area contributed by atoms with Crippen LogP contribution in [0.3, 0.4) is 0 Å². The summed E-state index contributed by atoms with van der Waals surface area (Å²) in [5, 5.41) is 3.49. The highest BCUT2D eigenvalue weighted by molar-refractivity contribution is 7.15. The number of amides is 2. The molecule has 148 valence electrons. The summed E-state index contributed by atoms with van der Waals surface area (Å²) in [5.74, 6) is -0.132. The number of nitrogens with zero attached hydrogens (tertiary/aromatic N) is 2. The van der Waals surface area contributed by atoms with Crippen molar-refractivity contribution in [2.45, 2.75) is 18.9 Å². The van der Waals surface area contributed by atoms with Gasteiger partial charge in [0.05, 0.1) is 19.1 Å². The molecule has 1 aromatic heterocycles. The maximum Gasteiger partial charge on any atom is 0.254 e. The molecule has 2 heterocycles. The number of methoxy groups -OCH3 is 1. The number of fused-ring (bicyclic) bond motifs is 1. The molecule has 0 radical (unpaired) electrons. The van der Waals surface area contributed by atoms with Crippen molar-refractivity contribution in [2.24, 2.45) is 0 Å². The van der Waals surface area contributed by atoms with E-state index in [1.807, 2.05) is 49.4 Å². The molecule has 2 aromatic carbocycles. The largest absolute Gasteiger partial charge is 0.497 e. The van der Waals surface area contributed by atoms with Gasteiger partial charge in [-0.3, -0.25) is 9.59 Å². The molecule has 2 amide bonds. The summed E-state index contributed by atoms with van der Waals surface area (Å²) in [6.07, 6.45) is 1.73. The van der Waals surface area contributed by atoms with Crippen molar-refractivity contribution in [3.05, 3.63) is 76.3 Å². The van der Waals surface area contributed by atoms with Crippen molar-refractivity contribution in [3.8, 4) is 5.75 Å². The van der Waals surface area contributed by atoms with Crippen molar-refractivity contribution in [1.29, 1.82) is 0 Å². The Morgan fingerprint density at radius 2 is 1.90 bits per heavy atom. The molecule has 2 atom stereocenters. The maximum absolute atomic E-state index is 13.4. The van der Waals surface area contributed by atoms with Crippen molar-refractivity contribution in [3.63, 3.8) is 0 Å². The molecule has 0 fully saturated rings. The lowest BCUT2D eigenvalue weighted by molar-refractivity contribution is -0.119. The average Bonchev–Trinajstić information content (AvgIpc) is 3.15. The number of carbonyl (C=O) groups excluding carboxylic acids is 2. The number of nitrogens with one attached hydrogen (secondary N) is 1. The zero-order valence-electron chi connectivity index (χ0n) is 16.4. The fraction of sp³-hybridized carbons (Fsp3) is 0.227. The standard InChI is InChI=1S/C22H21N3O3S/c1-13-12-23-22(29-13)24-20(26)18-16-6-4-5-7-17(16)21(27)25(2)19(18)14-8-10-15(28-3)11-9-14/h4-12,18-19H,1-3H3,(H,23,24,26)/t18-,19+/m1/s1. The quantitative estimate of drug-likeness (QED) is 0.709. The number of anilines is 1. The van der Waals surface area contributed by atoms with Crippen molar-refractivity contribution in [1.82, 2.24) is 9.88 Å². The molecule has 0 aliphatic carbocycles. The molecule has 29 heavy (non-hydrogen) atoms. The van der Waals surface area contributed by atoms with Crippen LogP contribution in [0.4, 0.5) is 5.13 Å². The predicted molar refractivity (Wildman–Crippen MR) is 112 cm³/mol. The summed E-state index contributed by atoms with van der Waals surface area (Å²) in [5.41, 5.74) is 2.14. The molecule has 0 unspecified atom stereocenters. The summed E-state index contributed by atoms with van der Waals surface area (Å²) >= 11 is 1.42. The first kappa shape index (κ1) is 19.1. The minimum absolute atomic E-state index is 0.101. The highest BCUT2D eigenvalue weighted by Crippen LogP contribution is 2.42.